The molecule has 0 saturated heterocycles. The highest BCUT2D eigenvalue weighted by Crippen LogP contribution is 2.61. The number of ether oxygens (including phenoxy) is 1. The smallest absolute Gasteiger partial charge is 0.312 e. The predicted molar refractivity (Wildman–Crippen MR) is 122 cm³/mol. The van der Waals surface area contributed by atoms with E-state index in [-0.39, 0.29) is 16.8 Å². The Morgan fingerprint density at radius 2 is 1.34 bits per heavy atom. The van der Waals surface area contributed by atoms with Gasteiger partial charge >= 0.3 is 5.97 Å². The van der Waals surface area contributed by atoms with Gasteiger partial charge in [0.1, 0.15) is 0 Å². The van der Waals surface area contributed by atoms with E-state index < -0.39 is 0 Å². The summed E-state index contributed by atoms with van der Waals surface area (Å²) < 4.78 is 5.52. The van der Waals surface area contributed by atoms with Crippen LogP contribution in [-0.4, -0.2) is 13.1 Å². The van der Waals surface area contributed by atoms with Gasteiger partial charge in [0.25, 0.3) is 0 Å². The maximum atomic E-state index is 13.3. The zero-order chi connectivity index (χ0) is 20.6. The predicted octanol–water partition coefficient (Wildman–Crippen LogP) is 8.23. The van der Waals surface area contributed by atoms with Crippen molar-refractivity contribution in [3.8, 4) is 0 Å². The Hall–Kier alpha value is -0.530. The second-order valence-electron chi connectivity index (χ2n) is 10.8. The van der Waals surface area contributed by atoms with Crippen LogP contribution in [0.1, 0.15) is 135 Å². The number of hydrogen-bond acceptors (Lipinski definition) is 2. The molecule has 3 aliphatic carbocycles. The van der Waals surface area contributed by atoms with E-state index in [1.54, 1.807) is 7.11 Å². The molecule has 3 rings (SSSR count). The molecule has 3 aliphatic rings. The van der Waals surface area contributed by atoms with Crippen molar-refractivity contribution in [1.82, 2.24) is 0 Å². The molecule has 0 radical (unpaired) electrons. The zero-order valence-corrected chi connectivity index (χ0v) is 19.6. The molecule has 29 heavy (non-hydrogen) atoms. The van der Waals surface area contributed by atoms with Gasteiger partial charge in [0, 0.05) is 0 Å². The highest BCUT2D eigenvalue weighted by Gasteiger charge is 2.57. The van der Waals surface area contributed by atoms with Gasteiger partial charge in [-0.25, -0.2) is 0 Å². The lowest BCUT2D eigenvalue weighted by molar-refractivity contribution is -0.172. The van der Waals surface area contributed by atoms with Crippen LogP contribution in [0.2, 0.25) is 0 Å². The summed E-state index contributed by atoms with van der Waals surface area (Å²) in [6.45, 7) is 2.29. The Bertz CT molecular complexity index is 477. The maximum absolute atomic E-state index is 13.3. The minimum absolute atomic E-state index is 0.141. The molecule has 0 aromatic carbocycles. The maximum Gasteiger partial charge on any atom is 0.312 e. The van der Waals surface area contributed by atoms with Crippen molar-refractivity contribution >= 4 is 5.97 Å². The number of unbranched alkanes of at least 4 members (excludes halogenated alkanes) is 4. The summed E-state index contributed by atoms with van der Waals surface area (Å²) in [7, 11) is 1.64. The molecule has 0 amide bonds. The fourth-order valence-corrected chi connectivity index (χ4v) is 7.61. The molecule has 2 heteroatoms. The van der Waals surface area contributed by atoms with Crippen molar-refractivity contribution in [2.24, 2.45) is 22.7 Å². The first-order valence-corrected chi connectivity index (χ1v) is 13.3. The van der Waals surface area contributed by atoms with Crippen LogP contribution in [0.4, 0.5) is 0 Å². The van der Waals surface area contributed by atoms with Gasteiger partial charge in [0.2, 0.25) is 0 Å². The topological polar surface area (TPSA) is 26.3 Å². The molecule has 3 fully saturated rings. The zero-order valence-electron chi connectivity index (χ0n) is 19.6. The molecular weight excluding hydrogens is 356 g/mol. The highest BCUT2D eigenvalue weighted by molar-refractivity contribution is 5.78. The number of methoxy groups -OCH3 is 1. The van der Waals surface area contributed by atoms with Crippen LogP contribution >= 0.6 is 0 Å². The molecule has 2 nitrogen and oxygen atoms in total. The first-order chi connectivity index (χ1) is 14.2. The van der Waals surface area contributed by atoms with E-state index in [0.717, 1.165) is 24.7 Å². The van der Waals surface area contributed by atoms with Gasteiger partial charge in [0.05, 0.1) is 12.5 Å². The van der Waals surface area contributed by atoms with Crippen molar-refractivity contribution < 1.29 is 9.53 Å². The van der Waals surface area contributed by atoms with Crippen LogP contribution in [0.25, 0.3) is 0 Å². The lowest BCUT2D eigenvalue weighted by Crippen LogP contribution is -2.51. The summed E-state index contributed by atoms with van der Waals surface area (Å²) in [4.78, 5) is 13.3. The van der Waals surface area contributed by atoms with Crippen molar-refractivity contribution in [2.45, 2.75) is 135 Å². The first-order valence-electron chi connectivity index (χ1n) is 13.3. The van der Waals surface area contributed by atoms with Crippen molar-refractivity contribution in [3.63, 3.8) is 0 Å². The molecule has 3 saturated carbocycles. The molecule has 0 aliphatic heterocycles. The SMILES string of the molecule is CCCCCCC[C@]1(C2(C(=O)OC)CCCCC2)CC[C@@H](C2CCCCC2)CC1. The fraction of sp³-hybridized carbons (Fsp3) is 0.963. The Labute approximate surface area is 180 Å². The third-order valence-corrected chi connectivity index (χ3v) is 9.36. The normalized spacial score (nSPS) is 30.8. The van der Waals surface area contributed by atoms with E-state index >= 15 is 0 Å². The van der Waals surface area contributed by atoms with Crippen LogP contribution in [0.15, 0.2) is 0 Å². The summed E-state index contributed by atoms with van der Waals surface area (Å²) in [5, 5.41) is 0. The number of esters is 1. The summed E-state index contributed by atoms with van der Waals surface area (Å²) in [5.74, 6) is 2.05. The van der Waals surface area contributed by atoms with E-state index in [2.05, 4.69) is 6.92 Å². The molecule has 0 unspecified atom stereocenters. The van der Waals surface area contributed by atoms with Gasteiger partial charge < -0.3 is 4.74 Å². The van der Waals surface area contributed by atoms with Crippen LogP contribution in [0, 0.1) is 22.7 Å². The average Bonchev–Trinajstić information content (AvgIpc) is 2.79. The second-order valence-corrected chi connectivity index (χ2v) is 10.8. The lowest BCUT2D eigenvalue weighted by atomic mass is 9.49. The molecule has 0 aromatic heterocycles. The number of rotatable bonds is 9. The summed E-state index contributed by atoms with van der Waals surface area (Å²) >= 11 is 0. The third kappa shape index (κ3) is 5.21. The van der Waals surface area contributed by atoms with Gasteiger partial charge in [-0.1, -0.05) is 90.4 Å². The average molecular weight is 405 g/mol. The number of carbonyl (C=O) groups excluding carboxylic acids is 1. The minimum Gasteiger partial charge on any atom is -0.469 e. The van der Waals surface area contributed by atoms with Gasteiger partial charge in [-0.2, -0.15) is 0 Å². The fourth-order valence-electron chi connectivity index (χ4n) is 7.61. The molecule has 0 aromatic rings. The largest absolute Gasteiger partial charge is 0.469 e. The molecule has 0 bridgehead atoms. The lowest BCUT2D eigenvalue weighted by Gasteiger charge is -2.55. The molecule has 0 spiro atoms. The van der Waals surface area contributed by atoms with E-state index in [1.807, 2.05) is 0 Å². The highest BCUT2D eigenvalue weighted by atomic mass is 16.5. The Balaban J connectivity index is 1.74. The number of hydrogen-bond donors (Lipinski definition) is 0. The quantitative estimate of drug-likeness (QED) is 0.286. The van der Waals surface area contributed by atoms with E-state index in [1.165, 1.54) is 116 Å². The number of carbonyl (C=O) groups is 1. The van der Waals surface area contributed by atoms with Gasteiger partial charge in [-0.15, -0.1) is 0 Å². The van der Waals surface area contributed by atoms with Crippen molar-refractivity contribution in [3.05, 3.63) is 0 Å². The summed E-state index contributed by atoms with van der Waals surface area (Å²) in [5.41, 5.74) is 0.0419. The Morgan fingerprint density at radius 3 is 1.97 bits per heavy atom. The first kappa shape index (κ1) is 23.1. The van der Waals surface area contributed by atoms with E-state index in [4.69, 9.17) is 4.74 Å². The summed E-state index contributed by atoms with van der Waals surface area (Å²) in [6, 6.07) is 0. The molecule has 0 atom stereocenters. The third-order valence-electron chi connectivity index (χ3n) is 9.36. The standard InChI is InChI=1S/C27H48O2/c1-3-4-5-6-11-18-26(27(25(28)29-2)19-12-8-13-20-27)21-16-24(17-22-26)23-14-9-7-10-15-23/h23-24H,3-22H2,1-2H3/t24-,26+. The Kier molecular flexibility index (Phi) is 8.93. The van der Waals surface area contributed by atoms with Crippen molar-refractivity contribution in [1.29, 1.82) is 0 Å². The van der Waals surface area contributed by atoms with Crippen LogP contribution in [-0.2, 0) is 9.53 Å². The van der Waals surface area contributed by atoms with Crippen molar-refractivity contribution in [2.75, 3.05) is 7.11 Å². The second kappa shape index (κ2) is 11.2. The van der Waals surface area contributed by atoms with Gasteiger partial charge in [0.15, 0.2) is 0 Å². The van der Waals surface area contributed by atoms with Gasteiger partial charge in [-0.05, 0) is 62.2 Å². The van der Waals surface area contributed by atoms with Crippen LogP contribution < -0.4 is 0 Å². The molecule has 0 N–H and O–H groups in total. The Morgan fingerprint density at radius 1 is 0.759 bits per heavy atom. The summed E-state index contributed by atoms with van der Waals surface area (Å²) in [6.07, 6.45) is 26.5. The molecule has 168 valence electrons. The minimum atomic E-state index is -0.178. The molecule has 0 heterocycles. The van der Waals surface area contributed by atoms with E-state index in [9.17, 15) is 4.79 Å². The van der Waals surface area contributed by atoms with Gasteiger partial charge in [-0.3, -0.25) is 4.79 Å². The molecular formula is C27H48O2. The van der Waals surface area contributed by atoms with E-state index in [0.29, 0.717) is 0 Å². The van der Waals surface area contributed by atoms with Crippen LogP contribution in [0.5, 0.6) is 0 Å². The monoisotopic (exact) mass is 404 g/mol. The van der Waals surface area contributed by atoms with Crippen LogP contribution in [0.3, 0.4) is 0 Å².